The molecule has 1 amide bonds. The van der Waals surface area contributed by atoms with Crippen LogP contribution in [0.4, 0.5) is 0 Å². The molecule has 0 aliphatic carbocycles. The molecular weight excluding hydrogens is 238 g/mol. The summed E-state index contributed by atoms with van der Waals surface area (Å²) in [6, 6.07) is 9.83. The number of amides is 1. The molecule has 0 bridgehead atoms. The van der Waals surface area contributed by atoms with Gasteiger partial charge in [0.25, 0.3) is 5.91 Å². The first kappa shape index (κ1) is 12.0. The third-order valence-electron chi connectivity index (χ3n) is 3.52. The molecule has 1 aromatic carbocycles. The number of hydrogen-bond donors (Lipinski definition) is 1. The van der Waals surface area contributed by atoms with E-state index in [2.05, 4.69) is 15.4 Å². The quantitative estimate of drug-likeness (QED) is 0.820. The Balaban J connectivity index is 1.88. The molecule has 1 N–H and O–H groups in total. The van der Waals surface area contributed by atoms with Crippen LogP contribution in [0.5, 0.6) is 0 Å². The predicted octanol–water partition coefficient (Wildman–Crippen LogP) is 1.89. The summed E-state index contributed by atoms with van der Waals surface area (Å²) < 4.78 is 0. The Bertz CT molecular complexity index is 528. The predicted molar refractivity (Wildman–Crippen MR) is 74.6 cm³/mol. The molecule has 98 valence electrons. The number of piperidine rings is 1. The lowest BCUT2D eigenvalue weighted by molar-refractivity contribution is -0.116. The van der Waals surface area contributed by atoms with Gasteiger partial charge in [0.05, 0.1) is 5.57 Å². The summed E-state index contributed by atoms with van der Waals surface area (Å²) in [5.41, 5.74) is 4.96. The van der Waals surface area contributed by atoms with Crippen molar-refractivity contribution in [3.8, 4) is 0 Å². The molecule has 19 heavy (non-hydrogen) atoms. The lowest BCUT2D eigenvalue weighted by atomic mass is 10.0. The standard InChI is InChI=1S/C15H17N3O/c19-15-13(11-18-9-5-2-6-10-18)14(16-17-15)12-7-3-1-4-8-12/h1,3-4,7-8,11H,2,5-6,9-10H2,(H,17,19)/b13-11+. The second-order valence-electron chi connectivity index (χ2n) is 4.91. The van der Waals surface area contributed by atoms with Crippen molar-refractivity contribution in [3.05, 3.63) is 47.7 Å². The molecular formula is C15H17N3O. The maximum atomic E-state index is 11.9. The van der Waals surface area contributed by atoms with E-state index in [1.807, 2.05) is 36.5 Å². The molecule has 1 fully saturated rings. The molecule has 1 saturated heterocycles. The van der Waals surface area contributed by atoms with Crippen LogP contribution >= 0.6 is 0 Å². The van der Waals surface area contributed by atoms with E-state index >= 15 is 0 Å². The Morgan fingerprint density at radius 3 is 2.58 bits per heavy atom. The number of carbonyl (C=O) groups excluding carboxylic acids is 1. The number of likely N-dealkylation sites (tertiary alicyclic amines) is 1. The normalized spacial score (nSPS) is 21.5. The molecule has 0 spiro atoms. The fourth-order valence-corrected chi connectivity index (χ4v) is 2.50. The van der Waals surface area contributed by atoms with E-state index in [0.29, 0.717) is 5.57 Å². The third kappa shape index (κ3) is 2.52. The van der Waals surface area contributed by atoms with Crippen molar-refractivity contribution in [1.82, 2.24) is 10.3 Å². The number of hydrogen-bond acceptors (Lipinski definition) is 3. The minimum Gasteiger partial charge on any atom is -0.377 e. The number of rotatable bonds is 2. The smallest absolute Gasteiger partial charge is 0.275 e. The number of benzene rings is 1. The zero-order chi connectivity index (χ0) is 13.1. The molecule has 2 aliphatic heterocycles. The zero-order valence-corrected chi connectivity index (χ0v) is 10.8. The minimum atomic E-state index is -0.107. The topological polar surface area (TPSA) is 44.7 Å². The maximum absolute atomic E-state index is 11.9. The fraction of sp³-hybridized carbons (Fsp3) is 0.333. The van der Waals surface area contributed by atoms with Gasteiger partial charge in [-0.3, -0.25) is 4.79 Å². The van der Waals surface area contributed by atoms with Crippen molar-refractivity contribution in [3.63, 3.8) is 0 Å². The van der Waals surface area contributed by atoms with E-state index in [-0.39, 0.29) is 5.91 Å². The summed E-state index contributed by atoms with van der Waals surface area (Å²) in [5.74, 6) is -0.107. The summed E-state index contributed by atoms with van der Waals surface area (Å²) in [4.78, 5) is 14.1. The van der Waals surface area contributed by atoms with Crippen molar-refractivity contribution in [1.29, 1.82) is 0 Å². The van der Waals surface area contributed by atoms with Gasteiger partial charge >= 0.3 is 0 Å². The van der Waals surface area contributed by atoms with Crippen LogP contribution in [-0.4, -0.2) is 29.6 Å². The van der Waals surface area contributed by atoms with E-state index < -0.39 is 0 Å². The number of hydrazone groups is 1. The molecule has 0 radical (unpaired) electrons. The second-order valence-corrected chi connectivity index (χ2v) is 4.91. The summed E-state index contributed by atoms with van der Waals surface area (Å²) in [6.45, 7) is 2.05. The van der Waals surface area contributed by atoms with E-state index in [1.54, 1.807) is 0 Å². The fourth-order valence-electron chi connectivity index (χ4n) is 2.50. The van der Waals surface area contributed by atoms with Crippen LogP contribution in [0.15, 0.2) is 47.2 Å². The summed E-state index contributed by atoms with van der Waals surface area (Å²) in [6.07, 6.45) is 5.64. The average Bonchev–Trinajstić information content (AvgIpc) is 2.82. The Kier molecular flexibility index (Phi) is 3.31. The highest BCUT2D eigenvalue weighted by Crippen LogP contribution is 2.17. The van der Waals surface area contributed by atoms with E-state index in [1.165, 1.54) is 19.3 Å². The zero-order valence-electron chi connectivity index (χ0n) is 10.8. The Morgan fingerprint density at radius 2 is 1.84 bits per heavy atom. The number of nitrogens with zero attached hydrogens (tertiary/aromatic N) is 2. The van der Waals surface area contributed by atoms with E-state index in [0.717, 1.165) is 24.4 Å². The first-order valence-corrected chi connectivity index (χ1v) is 6.74. The van der Waals surface area contributed by atoms with Gasteiger partial charge < -0.3 is 4.90 Å². The minimum absolute atomic E-state index is 0.107. The lowest BCUT2D eigenvalue weighted by Crippen LogP contribution is -2.27. The number of carbonyl (C=O) groups is 1. The highest BCUT2D eigenvalue weighted by Gasteiger charge is 2.24. The molecule has 2 aliphatic rings. The van der Waals surface area contributed by atoms with Crippen LogP contribution in [0.1, 0.15) is 24.8 Å². The van der Waals surface area contributed by atoms with Gasteiger partial charge in [0.1, 0.15) is 5.71 Å². The van der Waals surface area contributed by atoms with Gasteiger partial charge in [-0.1, -0.05) is 30.3 Å². The van der Waals surface area contributed by atoms with Crippen molar-refractivity contribution in [2.45, 2.75) is 19.3 Å². The molecule has 1 aromatic rings. The molecule has 0 aromatic heterocycles. The average molecular weight is 255 g/mol. The highest BCUT2D eigenvalue weighted by molar-refractivity contribution is 6.30. The van der Waals surface area contributed by atoms with Gasteiger partial charge in [-0.15, -0.1) is 0 Å². The molecule has 3 rings (SSSR count). The van der Waals surface area contributed by atoms with Gasteiger partial charge in [0, 0.05) is 24.9 Å². The monoisotopic (exact) mass is 255 g/mol. The van der Waals surface area contributed by atoms with Crippen LogP contribution in [0.25, 0.3) is 0 Å². The first-order valence-electron chi connectivity index (χ1n) is 6.74. The van der Waals surface area contributed by atoms with Gasteiger partial charge in [-0.25, -0.2) is 5.43 Å². The third-order valence-corrected chi connectivity index (χ3v) is 3.52. The van der Waals surface area contributed by atoms with Crippen molar-refractivity contribution >= 4 is 11.6 Å². The highest BCUT2D eigenvalue weighted by atomic mass is 16.2. The van der Waals surface area contributed by atoms with Gasteiger partial charge in [-0.05, 0) is 19.3 Å². The Morgan fingerprint density at radius 1 is 1.11 bits per heavy atom. The number of nitrogens with one attached hydrogen (secondary N) is 1. The van der Waals surface area contributed by atoms with Crippen molar-refractivity contribution in [2.24, 2.45) is 5.10 Å². The van der Waals surface area contributed by atoms with Gasteiger partial charge in [0.2, 0.25) is 0 Å². The molecule has 4 nitrogen and oxygen atoms in total. The van der Waals surface area contributed by atoms with Crippen LogP contribution < -0.4 is 5.43 Å². The van der Waals surface area contributed by atoms with Gasteiger partial charge in [0.15, 0.2) is 0 Å². The van der Waals surface area contributed by atoms with Crippen LogP contribution in [-0.2, 0) is 4.79 Å². The van der Waals surface area contributed by atoms with E-state index in [4.69, 9.17) is 0 Å². The Labute approximate surface area is 112 Å². The molecule has 2 heterocycles. The summed E-state index contributed by atoms with van der Waals surface area (Å²) in [5, 5.41) is 4.16. The van der Waals surface area contributed by atoms with Crippen LogP contribution in [0.2, 0.25) is 0 Å². The van der Waals surface area contributed by atoms with Crippen molar-refractivity contribution < 1.29 is 4.79 Å². The summed E-state index contributed by atoms with van der Waals surface area (Å²) >= 11 is 0. The molecule has 0 atom stereocenters. The molecule has 0 unspecified atom stereocenters. The second kappa shape index (κ2) is 5.26. The van der Waals surface area contributed by atoms with Crippen LogP contribution in [0.3, 0.4) is 0 Å². The lowest BCUT2D eigenvalue weighted by Gasteiger charge is -2.25. The van der Waals surface area contributed by atoms with Crippen molar-refractivity contribution in [2.75, 3.05) is 13.1 Å². The van der Waals surface area contributed by atoms with E-state index in [9.17, 15) is 4.79 Å². The summed E-state index contributed by atoms with van der Waals surface area (Å²) in [7, 11) is 0. The maximum Gasteiger partial charge on any atom is 0.275 e. The SMILES string of the molecule is O=C1NN=C(c2ccccc2)/C1=C\N1CCCCC1. The van der Waals surface area contributed by atoms with Crippen LogP contribution in [0, 0.1) is 0 Å². The first-order chi connectivity index (χ1) is 9.34. The molecule has 0 saturated carbocycles. The van der Waals surface area contributed by atoms with Gasteiger partial charge in [-0.2, -0.15) is 5.10 Å². The Hall–Kier alpha value is -2.10. The largest absolute Gasteiger partial charge is 0.377 e. The molecule has 4 heteroatoms.